The predicted molar refractivity (Wildman–Crippen MR) is 159 cm³/mol. The van der Waals surface area contributed by atoms with Crippen molar-refractivity contribution in [1.82, 2.24) is 0 Å². The van der Waals surface area contributed by atoms with Crippen molar-refractivity contribution >= 4 is 24.2 Å². The molecule has 1 heterocycles. The summed E-state index contributed by atoms with van der Waals surface area (Å²) < 4.78 is 4.12. The molecule has 0 saturated carbocycles. The number of rotatable bonds is 0. The zero-order valence-corrected chi connectivity index (χ0v) is 21.6. The molecule has 0 spiro atoms. The number of aryl methyl sites for hydroxylation is 2. The van der Waals surface area contributed by atoms with Crippen molar-refractivity contribution in [2.45, 2.75) is 44.9 Å². The Kier molecular flexibility index (Phi) is 8.49. The molecule has 4 aliphatic rings. The summed E-state index contributed by atoms with van der Waals surface area (Å²) in [7, 11) is 0. The van der Waals surface area contributed by atoms with Crippen LogP contribution >= 0.6 is 11.9 Å². The van der Waals surface area contributed by atoms with Crippen LogP contribution in [0.1, 0.15) is 52.6 Å². The summed E-state index contributed by atoms with van der Waals surface area (Å²) >= 11 is 1.46. The number of allylic oxidation sites excluding steroid dienone is 6. The third kappa shape index (κ3) is 6.06. The van der Waals surface area contributed by atoms with Gasteiger partial charge in [-0.2, -0.15) is 0 Å². The van der Waals surface area contributed by atoms with E-state index in [1.165, 1.54) is 78.3 Å². The molecule has 36 heavy (non-hydrogen) atoms. The maximum atomic E-state index is 4.12. The molecule has 0 aromatic heterocycles. The SMILES string of the molecule is C1=CC=CCC=C1.C1=Cc2ccccc2C=NS1.c1ccc2c(c1)CCc1c-2ccc2c1CCCC2. The normalized spacial score (nSPS) is 16.0. The Morgan fingerprint density at radius 2 is 1.36 bits per heavy atom. The third-order valence-corrected chi connectivity index (χ3v) is 7.52. The van der Waals surface area contributed by atoms with Crippen LogP contribution in [0.25, 0.3) is 17.2 Å². The molecule has 0 unspecified atom stereocenters. The van der Waals surface area contributed by atoms with Crippen LogP contribution in [0.4, 0.5) is 0 Å². The molecule has 3 aromatic rings. The van der Waals surface area contributed by atoms with Gasteiger partial charge in [0.15, 0.2) is 0 Å². The molecule has 1 aliphatic heterocycles. The summed E-state index contributed by atoms with van der Waals surface area (Å²) in [5.41, 5.74) is 11.9. The van der Waals surface area contributed by atoms with Crippen LogP contribution in [-0.2, 0) is 25.7 Å². The summed E-state index contributed by atoms with van der Waals surface area (Å²) in [6.07, 6.45) is 25.3. The molecule has 180 valence electrons. The van der Waals surface area contributed by atoms with Gasteiger partial charge in [-0.05, 0) is 95.4 Å². The molecule has 7 rings (SSSR count). The third-order valence-electron chi connectivity index (χ3n) is 7.04. The standard InChI is InChI=1S/C18H18.C9H7NS.C7H8/c1-3-7-15-13(5-1)9-11-18-16-8-4-2-6-14(16)10-12-17(15)18;1-2-4-9-7-10-11-6-5-8(9)3-1;1-2-4-6-7-5-3-1/h1,3,5,7,10,12H,2,4,6,8-9,11H2;1-7H;1-6H,7H2. The van der Waals surface area contributed by atoms with Gasteiger partial charge in [0.25, 0.3) is 0 Å². The fraction of sp³-hybridized carbons (Fsp3) is 0.206. The molecule has 0 fully saturated rings. The maximum absolute atomic E-state index is 4.12. The van der Waals surface area contributed by atoms with Gasteiger partial charge in [-0.15, -0.1) is 0 Å². The quantitative estimate of drug-likeness (QED) is 0.288. The summed E-state index contributed by atoms with van der Waals surface area (Å²) in [6.45, 7) is 0. The number of hydrogen-bond acceptors (Lipinski definition) is 2. The van der Waals surface area contributed by atoms with Gasteiger partial charge < -0.3 is 0 Å². The minimum Gasteiger partial charge on any atom is -0.219 e. The monoisotopic (exact) mass is 487 g/mol. The molecule has 0 radical (unpaired) electrons. The maximum Gasteiger partial charge on any atom is 0.0433 e. The van der Waals surface area contributed by atoms with E-state index in [0.29, 0.717) is 0 Å². The Labute approximate surface area is 220 Å². The highest BCUT2D eigenvalue weighted by Gasteiger charge is 2.21. The Morgan fingerprint density at radius 1 is 0.583 bits per heavy atom. The van der Waals surface area contributed by atoms with Crippen molar-refractivity contribution in [1.29, 1.82) is 0 Å². The van der Waals surface area contributed by atoms with Crippen LogP contribution in [0.3, 0.4) is 0 Å². The predicted octanol–water partition coefficient (Wildman–Crippen LogP) is 9.13. The fourth-order valence-corrected chi connectivity index (χ4v) is 5.68. The molecule has 3 aliphatic carbocycles. The molecule has 1 nitrogen and oxygen atoms in total. The topological polar surface area (TPSA) is 12.4 Å². The minimum absolute atomic E-state index is 1.08. The molecule has 0 amide bonds. The van der Waals surface area contributed by atoms with Gasteiger partial charge >= 0.3 is 0 Å². The van der Waals surface area contributed by atoms with Crippen LogP contribution in [-0.4, -0.2) is 6.21 Å². The van der Waals surface area contributed by atoms with E-state index in [1.54, 1.807) is 16.7 Å². The Hall–Kier alpha value is -3.36. The van der Waals surface area contributed by atoms with E-state index in [2.05, 4.69) is 83.3 Å². The van der Waals surface area contributed by atoms with Gasteiger partial charge in [0.1, 0.15) is 0 Å². The van der Waals surface area contributed by atoms with Crippen LogP contribution < -0.4 is 0 Å². The van der Waals surface area contributed by atoms with Crippen molar-refractivity contribution in [3.8, 4) is 11.1 Å². The van der Waals surface area contributed by atoms with Crippen molar-refractivity contribution in [2.75, 3.05) is 0 Å². The average molecular weight is 488 g/mol. The lowest BCUT2D eigenvalue weighted by molar-refractivity contribution is 0.676. The molecular formula is C34H33NS. The van der Waals surface area contributed by atoms with E-state index >= 15 is 0 Å². The first kappa shape index (κ1) is 24.3. The highest BCUT2D eigenvalue weighted by atomic mass is 32.2. The first-order chi connectivity index (χ1) is 17.9. The molecule has 3 aromatic carbocycles. The highest BCUT2D eigenvalue weighted by molar-refractivity contribution is 8.01. The number of fused-ring (bicyclic) bond motifs is 6. The zero-order valence-electron chi connectivity index (χ0n) is 20.8. The lowest BCUT2D eigenvalue weighted by Crippen LogP contribution is -2.12. The van der Waals surface area contributed by atoms with Crippen molar-refractivity contribution in [2.24, 2.45) is 4.40 Å². The van der Waals surface area contributed by atoms with Gasteiger partial charge in [0.05, 0.1) is 0 Å². The molecule has 0 bridgehead atoms. The van der Waals surface area contributed by atoms with Crippen LogP contribution in [0.15, 0.2) is 107 Å². The van der Waals surface area contributed by atoms with E-state index in [0.717, 1.165) is 6.42 Å². The van der Waals surface area contributed by atoms with Gasteiger partial charge in [-0.3, -0.25) is 0 Å². The minimum atomic E-state index is 1.08. The van der Waals surface area contributed by atoms with E-state index < -0.39 is 0 Å². The lowest BCUT2D eigenvalue weighted by Gasteiger charge is -2.26. The summed E-state index contributed by atoms with van der Waals surface area (Å²) in [5.74, 6) is 0. The van der Waals surface area contributed by atoms with Crippen LogP contribution in [0, 0.1) is 0 Å². The summed E-state index contributed by atoms with van der Waals surface area (Å²) in [6, 6.07) is 21.9. The van der Waals surface area contributed by atoms with Gasteiger partial charge in [-0.1, -0.05) is 97.1 Å². The van der Waals surface area contributed by atoms with E-state index in [-0.39, 0.29) is 0 Å². The number of nitrogens with zero attached hydrogens (tertiary/aromatic N) is 1. The molecule has 0 atom stereocenters. The second kappa shape index (κ2) is 12.6. The molecule has 2 heteroatoms. The zero-order chi connectivity index (χ0) is 24.4. The van der Waals surface area contributed by atoms with Crippen molar-refractivity contribution in [3.05, 3.63) is 136 Å². The second-order valence-corrected chi connectivity index (χ2v) is 10.0. The Morgan fingerprint density at radius 3 is 2.25 bits per heavy atom. The van der Waals surface area contributed by atoms with E-state index in [9.17, 15) is 0 Å². The first-order valence-electron chi connectivity index (χ1n) is 13.0. The van der Waals surface area contributed by atoms with Gasteiger partial charge in [0, 0.05) is 23.7 Å². The van der Waals surface area contributed by atoms with E-state index in [4.69, 9.17) is 0 Å². The average Bonchev–Trinajstić information content (AvgIpc) is 3.39. The Bertz CT molecular complexity index is 1290. The van der Waals surface area contributed by atoms with E-state index in [1.807, 2.05) is 35.9 Å². The highest BCUT2D eigenvalue weighted by Crippen LogP contribution is 2.38. The van der Waals surface area contributed by atoms with Gasteiger partial charge in [-0.25, -0.2) is 4.40 Å². The smallest absolute Gasteiger partial charge is 0.0433 e. The number of benzene rings is 3. The molecule has 0 N–H and O–H groups in total. The summed E-state index contributed by atoms with van der Waals surface area (Å²) in [5, 5.41) is 1.99. The second-order valence-electron chi connectivity index (χ2n) is 9.34. The summed E-state index contributed by atoms with van der Waals surface area (Å²) in [4.78, 5) is 0. The fourth-order valence-electron chi connectivity index (χ4n) is 5.23. The number of hydrogen-bond donors (Lipinski definition) is 0. The lowest BCUT2D eigenvalue weighted by atomic mass is 9.78. The van der Waals surface area contributed by atoms with Crippen LogP contribution in [0.2, 0.25) is 0 Å². The first-order valence-corrected chi connectivity index (χ1v) is 13.9. The van der Waals surface area contributed by atoms with Crippen molar-refractivity contribution < 1.29 is 0 Å². The van der Waals surface area contributed by atoms with Crippen LogP contribution in [0.5, 0.6) is 0 Å². The Balaban J connectivity index is 0.000000126. The largest absolute Gasteiger partial charge is 0.219 e. The van der Waals surface area contributed by atoms with Gasteiger partial charge in [0.2, 0.25) is 0 Å². The molecule has 0 saturated heterocycles. The molecular weight excluding hydrogens is 454 g/mol. The van der Waals surface area contributed by atoms with Crippen molar-refractivity contribution in [3.63, 3.8) is 0 Å².